The van der Waals surface area contributed by atoms with E-state index in [1.807, 2.05) is 0 Å². The SMILES string of the molecule is O=C(NCCS(=O)(=O)c1ccccc1)c1ccc(Cl)c(S(=O)(=O)N2CCCCC2)c1. The van der Waals surface area contributed by atoms with Gasteiger partial charge in [0.25, 0.3) is 5.91 Å². The normalized spacial score (nSPS) is 15.6. The summed E-state index contributed by atoms with van der Waals surface area (Å²) in [5.74, 6) is -0.833. The molecule has 0 atom stereocenters. The molecule has 0 aromatic heterocycles. The fraction of sp³-hybridized carbons (Fsp3) is 0.350. The number of nitrogens with zero attached hydrogens (tertiary/aromatic N) is 1. The number of sulfone groups is 1. The maximum atomic E-state index is 12.9. The van der Waals surface area contributed by atoms with E-state index in [4.69, 9.17) is 11.6 Å². The minimum Gasteiger partial charge on any atom is -0.351 e. The highest BCUT2D eigenvalue weighted by atomic mass is 35.5. The predicted octanol–water partition coefficient (Wildman–Crippen LogP) is 2.72. The number of hydrogen-bond acceptors (Lipinski definition) is 5. The van der Waals surface area contributed by atoms with Crippen LogP contribution in [0.4, 0.5) is 0 Å². The van der Waals surface area contributed by atoms with E-state index < -0.39 is 25.8 Å². The number of benzene rings is 2. The van der Waals surface area contributed by atoms with Crippen LogP contribution in [-0.2, 0) is 19.9 Å². The van der Waals surface area contributed by atoms with Crippen LogP contribution in [0.3, 0.4) is 0 Å². The topological polar surface area (TPSA) is 101 Å². The summed E-state index contributed by atoms with van der Waals surface area (Å²) >= 11 is 6.12. The smallest absolute Gasteiger partial charge is 0.251 e. The highest BCUT2D eigenvalue weighted by Crippen LogP contribution is 2.27. The molecule has 0 saturated carbocycles. The third kappa shape index (κ3) is 5.21. The van der Waals surface area contributed by atoms with E-state index in [1.54, 1.807) is 18.2 Å². The van der Waals surface area contributed by atoms with Crippen molar-refractivity contribution in [3.8, 4) is 0 Å². The average Bonchev–Trinajstić information content (AvgIpc) is 2.75. The van der Waals surface area contributed by atoms with Gasteiger partial charge in [0.05, 0.1) is 15.7 Å². The van der Waals surface area contributed by atoms with Crippen LogP contribution in [0.1, 0.15) is 29.6 Å². The van der Waals surface area contributed by atoms with Gasteiger partial charge in [0.1, 0.15) is 4.90 Å². The van der Waals surface area contributed by atoms with Crippen molar-refractivity contribution in [1.82, 2.24) is 9.62 Å². The van der Waals surface area contributed by atoms with E-state index in [2.05, 4.69) is 5.32 Å². The summed E-state index contributed by atoms with van der Waals surface area (Å²) in [6.07, 6.45) is 2.55. The summed E-state index contributed by atoms with van der Waals surface area (Å²) in [4.78, 5) is 12.5. The molecule has 0 aliphatic carbocycles. The lowest BCUT2D eigenvalue weighted by Crippen LogP contribution is -2.36. The Kier molecular flexibility index (Phi) is 7.18. The molecule has 1 aliphatic rings. The van der Waals surface area contributed by atoms with E-state index in [0.717, 1.165) is 19.3 Å². The minimum atomic E-state index is -3.80. The van der Waals surface area contributed by atoms with Gasteiger partial charge in [0, 0.05) is 25.2 Å². The first kappa shape index (κ1) is 22.7. The van der Waals surface area contributed by atoms with Crippen LogP contribution in [-0.4, -0.2) is 52.4 Å². The number of carbonyl (C=O) groups excluding carboxylic acids is 1. The summed E-state index contributed by atoms with van der Waals surface area (Å²) in [7, 11) is -7.33. The molecule has 1 amide bonds. The Balaban J connectivity index is 1.70. The van der Waals surface area contributed by atoms with E-state index >= 15 is 0 Å². The Hall–Kier alpha value is -1.94. The summed E-state index contributed by atoms with van der Waals surface area (Å²) in [6.45, 7) is 0.742. The number of carbonyl (C=O) groups is 1. The fourth-order valence-corrected chi connectivity index (χ4v) is 6.43. The first-order valence-corrected chi connectivity index (χ1v) is 13.0. The van der Waals surface area contributed by atoms with Gasteiger partial charge in [-0.15, -0.1) is 0 Å². The van der Waals surface area contributed by atoms with Gasteiger partial charge in [0.15, 0.2) is 9.84 Å². The molecule has 1 aliphatic heterocycles. The molecule has 30 heavy (non-hydrogen) atoms. The van der Waals surface area contributed by atoms with Gasteiger partial charge in [-0.05, 0) is 43.2 Å². The van der Waals surface area contributed by atoms with Crippen LogP contribution in [0, 0.1) is 0 Å². The second kappa shape index (κ2) is 9.47. The van der Waals surface area contributed by atoms with E-state index in [1.165, 1.54) is 34.6 Å². The number of hydrogen-bond donors (Lipinski definition) is 1. The zero-order valence-electron chi connectivity index (χ0n) is 16.3. The summed E-state index contributed by atoms with van der Waals surface area (Å²) in [6, 6.07) is 12.0. The third-order valence-corrected chi connectivity index (χ3v) is 9.00. The average molecular weight is 471 g/mol. The predicted molar refractivity (Wildman–Crippen MR) is 115 cm³/mol. The van der Waals surface area contributed by atoms with Crippen LogP contribution >= 0.6 is 11.6 Å². The molecule has 1 saturated heterocycles. The molecule has 10 heteroatoms. The second-order valence-corrected chi connectivity index (χ2v) is 11.4. The van der Waals surface area contributed by atoms with Gasteiger partial charge in [-0.3, -0.25) is 4.79 Å². The number of sulfonamides is 1. The lowest BCUT2D eigenvalue weighted by molar-refractivity contribution is 0.0956. The third-order valence-electron chi connectivity index (χ3n) is 4.88. The van der Waals surface area contributed by atoms with Gasteiger partial charge < -0.3 is 5.32 Å². The molecule has 0 spiro atoms. The van der Waals surface area contributed by atoms with Crippen molar-refractivity contribution in [2.45, 2.75) is 29.1 Å². The number of rotatable bonds is 7. The first-order chi connectivity index (χ1) is 14.2. The lowest BCUT2D eigenvalue weighted by atomic mass is 10.2. The number of piperidine rings is 1. The van der Waals surface area contributed by atoms with Crippen LogP contribution in [0.15, 0.2) is 58.3 Å². The monoisotopic (exact) mass is 470 g/mol. The Morgan fingerprint density at radius 2 is 1.63 bits per heavy atom. The molecule has 1 fully saturated rings. The molecule has 162 valence electrons. The molecule has 2 aromatic rings. The van der Waals surface area contributed by atoms with Crippen molar-refractivity contribution in [2.24, 2.45) is 0 Å². The van der Waals surface area contributed by atoms with Crippen molar-refractivity contribution >= 4 is 37.4 Å². The first-order valence-electron chi connectivity index (χ1n) is 9.57. The second-order valence-electron chi connectivity index (χ2n) is 7.00. The Labute approximate surface area is 182 Å². The zero-order chi connectivity index (χ0) is 21.8. The van der Waals surface area contributed by atoms with Crippen LogP contribution in [0.2, 0.25) is 5.02 Å². The van der Waals surface area contributed by atoms with Crippen molar-refractivity contribution < 1.29 is 21.6 Å². The number of halogens is 1. The summed E-state index contributed by atoms with van der Waals surface area (Å²) < 4.78 is 51.8. The summed E-state index contributed by atoms with van der Waals surface area (Å²) in [5.41, 5.74) is 0.104. The van der Waals surface area contributed by atoms with Crippen molar-refractivity contribution in [1.29, 1.82) is 0 Å². The number of amides is 1. The highest BCUT2D eigenvalue weighted by Gasteiger charge is 2.28. The lowest BCUT2D eigenvalue weighted by Gasteiger charge is -2.26. The fourth-order valence-electron chi connectivity index (χ4n) is 3.23. The molecule has 3 rings (SSSR count). The van der Waals surface area contributed by atoms with Gasteiger partial charge in [-0.25, -0.2) is 16.8 Å². The van der Waals surface area contributed by atoms with Crippen molar-refractivity contribution in [2.75, 3.05) is 25.4 Å². The molecule has 0 radical (unpaired) electrons. The van der Waals surface area contributed by atoms with Gasteiger partial charge >= 0.3 is 0 Å². The largest absolute Gasteiger partial charge is 0.351 e. The Morgan fingerprint density at radius 1 is 0.967 bits per heavy atom. The Bertz CT molecular complexity index is 1110. The minimum absolute atomic E-state index is 0.0452. The molecular formula is C20H23ClN2O5S2. The molecule has 0 bridgehead atoms. The van der Waals surface area contributed by atoms with Crippen molar-refractivity contribution in [3.63, 3.8) is 0 Å². The van der Waals surface area contributed by atoms with Gasteiger partial charge in [-0.1, -0.05) is 36.2 Å². The molecule has 7 nitrogen and oxygen atoms in total. The zero-order valence-corrected chi connectivity index (χ0v) is 18.6. The molecule has 0 unspecified atom stereocenters. The maximum absolute atomic E-state index is 12.9. The number of nitrogens with one attached hydrogen (secondary N) is 1. The van der Waals surface area contributed by atoms with E-state index in [9.17, 15) is 21.6 Å². The quantitative estimate of drug-likeness (QED) is 0.670. The standard InChI is InChI=1S/C20H23ClN2O5S2/c21-18-10-9-16(15-19(18)30(27,28)23-12-5-2-6-13-23)20(24)22-11-14-29(25,26)17-7-3-1-4-8-17/h1,3-4,7-10,15H,2,5-6,11-14H2,(H,22,24). The maximum Gasteiger partial charge on any atom is 0.251 e. The van der Waals surface area contributed by atoms with Gasteiger partial charge in [-0.2, -0.15) is 4.31 Å². The van der Waals surface area contributed by atoms with E-state index in [0.29, 0.717) is 13.1 Å². The van der Waals surface area contributed by atoms with Crippen molar-refractivity contribution in [3.05, 3.63) is 59.1 Å². The molecular weight excluding hydrogens is 448 g/mol. The molecule has 2 aromatic carbocycles. The summed E-state index contributed by atoms with van der Waals surface area (Å²) in [5, 5.41) is 2.58. The Morgan fingerprint density at radius 3 is 2.30 bits per heavy atom. The van der Waals surface area contributed by atoms with Crippen LogP contribution in [0.5, 0.6) is 0 Å². The molecule has 1 N–H and O–H groups in total. The van der Waals surface area contributed by atoms with Gasteiger partial charge in [0.2, 0.25) is 10.0 Å². The van der Waals surface area contributed by atoms with Crippen LogP contribution in [0.25, 0.3) is 0 Å². The molecule has 1 heterocycles. The highest BCUT2D eigenvalue weighted by molar-refractivity contribution is 7.91. The van der Waals surface area contributed by atoms with E-state index in [-0.39, 0.29) is 32.7 Å². The van der Waals surface area contributed by atoms with Crippen LogP contribution < -0.4 is 5.32 Å².